The summed E-state index contributed by atoms with van der Waals surface area (Å²) in [5, 5.41) is 3.76. The second kappa shape index (κ2) is 5.96. The number of hydrogen-bond donors (Lipinski definition) is 1. The second-order valence-corrected chi connectivity index (χ2v) is 6.24. The molecule has 0 fully saturated rings. The quantitative estimate of drug-likeness (QED) is 0.763. The lowest BCUT2D eigenvalue weighted by molar-refractivity contribution is 0.0912. The highest BCUT2D eigenvalue weighted by molar-refractivity contribution is 5.42. The van der Waals surface area contributed by atoms with Gasteiger partial charge in [-0.1, -0.05) is 44.4 Å². The average molecular weight is 261 g/mol. The van der Waals surface area contributed by atoms with Crippen LogP contribution in [0.3, 0.4) is 0 Å². The van der Waals surface area contributed by atoms with Crippen molar-refractivity contribution in [1.29, 1.82) is 0 Å². The highest BCUT2D eigenvalue weighted by Gasteiger charge is 2.41. The molecule has 2 atom stereocenters. The summed E-state index contributed by atoms with van der Waals surface area (Å²) in [6.07, 6.45) is 5.16. The molecule has 2 heteroatoms. The molecule has 1 aromatic carbocycles. The van der Waals surface area contributed by atoms with Gasteiger partial charge in [-0.15, -0.1) is 0 Å². The monoisotopic (exact) mass is 261 g/mol. The van der Waals surface area contributed by atoms with Gasteiger partial charge in [0.25, 0.3) is 0 Å². The van der Waals surface area contributed by atoms with Crippen molar-refractivity contribution in [3.05, 3.63) is 29.8 Å². The van der Waals surface area contributed by atoms with Crippen molar-refractivity contribution < 1.29 is 4.74 Å². The molecular weight excluding hydrogens is 234 g/mol. The van der Waals surface area contributed by atoms with Crippen LogP contribution in [-0.4, -0.2) is 11.6 Å². The molecule has 0 spiro atoms. The number of hydrogen-bond acceptors (Lipinski definition) is 2. The summed E-state index contributed by atoms with van der Waals surface area (Å²) in [5.41, 5.74) is 1.14. The highest BCUT2D eigenvalue weighted by atomic mass is 16.5. The summed E-state index contributed by atoms with van der Waals surface area (Å²) in [7, 11) is 0. The number of fused-ring (bicyclic) bond motifs is 1. The molecule has 0 amide bonds. The smallest absolute Gasteiger partial charge is 0.125 e. The van der Waals surface area contributed by atoms with Gasteiger partial charge in [0.2, 0.25) is 0 Å². The Balaban J connectivity index is 2.02. The molecule has 1 N–H and O–H groups in total. The van der Waals surface area contributed by atoms with Crippen molar-refractivity contribution in [2.24, 2.45) is 0 Å². The van der Waals surface area contributed by atoms with E-state index >= 15 is 0 Å². The van der Waals surface area contributed by atoms with Crippen LogP contribution in [0.25, 0.3) is 0 Å². The fourth-order valence-corrected chi connectivity index (χ4v) is 2.89. The SMILES string of the molecule is CCCCCC(C)NC1c2ccccc2OC1(C)C. The maximum Gasteiger partial charge on any atom is 0.125 e. The third-order valence-electron chi connectivity index (χ3n) is 3.99. The lowest BCUT2D eigenvalue weighted by Crippen LogP contribution is -2.42. The van der Waals surface area contributed by atoms with Crippen LogP contribution < -0.4 is 10.1 Å². The van der Waals surface area contributed by atoms with Gasteiger partial charge in [-0.25, -0.2) is 0 Å². The van der Waals surface area contributed by atoms with Crippen molar-refractivity contribution in [3.63, 3.8) is 0 Å². The van der Waals surface area contributed by atoms with E-state index in [2.05, 4.69) is 51.2 Å². The van der Waals surface area contributed by atoms with E-state index in [1.165, 1.54) is 31.2 Å². The van der Waals surface area contributed by atoms with Gasteiger partial charge in [0.15, 0.2) is 0 Å². The number of nitrogens with one attached hydrogen (secondary N) is 1. The molecule has 1 aromatic rings. The van der Waals surface area contributed by atoms with Crippen LogP contribution in [0.15, 0.2) is 24.3 Å². The zero-order chi connectivity index (χ0) is 13.9. The van der Waals surface area contributed by atoms with Gasteiger partial charge in [-0.05, 0) is 33.3 Å². The molecule has 0 saturated carbocycles. The molecule has 0 saturated heterocycles. The Morgan fingerprint density at radius 2 is 2.00 bits per heavy atom. The van der Waals surface area contributed by atoms with Crippen molar-refractivity contribution in [1.82, 2.24) is 5.32 Å². The maximum atomic E-state index is 6.07. The second-order valence-electron chi connectivity index (χ2n) is 6.24. The zero-order valence-corrected chi connectivity index (χ0v) is 12.7. The van der Waals surface area contributed by atoms with E-state index in [9.17, 15) is 0 Å². The summed E-state index contributed by atoms with van der Waals surface area (Å²) in [5.74, 6) is 1.03. The predicted molar refractivity (Wildman–Crippen MR) is 80.6 cm³/mol. The van der Waals surface area contributed by atoms with Crippen molar-refractivity contribution in [2.75, 3.05) is 0 Å². The summed E-state index contributed by atoms with van der Waals surface area (Å²) >= 11 is 0. The molecule has 2 unspecified atom stereocenters. The van der Waals surface area contributed by atoms with Gasteiger partial charge < -0.3 is 10.1 Å². The number of rotatable bonds is 6. The fourth-order valence-electron chi connectivity index (χ4n) is 2.89. The van der Waals surface area contributed by atoms with E-state index in [-0.39, 0.29) is 5.60 Å². The topological polar surface area (TPSA) is 21.3 Å². The van der Waals surface area contributed by atoms with Crippen LogP contribution in [0.5, 0.6) is 5.75 Å². The normalized spacial score (nSPS) is 21.8. The van der Waals surface area contributed by atoms with Crippen LogP contribution in [0.2, 0.25) is 0 Å². The summed E-state index contributed by atoms with van der Waals surface area (Å²) < 4.78 is 6.07. The Labute approximate surface area is 117 Å². The Kier molecular flexibility index (Phi) is 4.51. The van der Waals surface area contributed by atoms with Gasteiger partial charge >= 0.3 is 0 Å². The molecule has 106 valence electrons. The first-order chi connectivity index (χ1) is 9.04. The highest BCUT2D eigenvalue weighted by Crippen LogP contribution is 2.42. The number of unbranched alkanes of at least 4 members (excludes halogenated alkanes) is 2. The van der Waals surface area contributed by atoms with Crippen molar-refractivity contribution >= 4 is 0 Å². The standard InChI is InChI=1S/C17H27NO/c1-5-6-7-10-13(2)18-16-14-11-8-9-12-15(14)19-17(16,3)4/h8-9,11-13,16,18H,5-7,10H2,1-4H3. The molecule has 2 nitrogen and oxygen atoms in total. The van der Waals surface area contributed by atoms with Gasteiger partial charge in [-0.2, -0.15) is 0 Å². The molecular formula is C17H27NO. The average Bonchev–Trinajstić information content (AvgIpc) is 2.61. The number of ether oxygens (including phenoxy) is 1. The Hall–Kier alpha value is -1.02. The summed E-state index contributed by atoms with van der Waals surface area (Å²) in [6.45, 7) is 8.88. The minimum atomic E-state index is -0.164. The Morgan fingerprint density at radius 3 is 2.74 bits per heavy atom. The van der Waals surface area contributed by atoms with Gasteiger partial charge in [-0.3, -0.25) is 0 Å². The lowest BCUT2D eigenvalue weighted by Gasteiger charge is -2.30. The minimum Gasteiger partial charge on any atom is -0.486 e. The lowest BCUT2D eigenvalue weighted by atomic mass is 9.93. The van der Waals surface area contributed by atoms with E-state index in [1.807, 2.05) is 6.07 Å². The molecule has 1 heterocycles. The van der Waals surface area contributed by atoms with E-state index < -0.39 is 0 Å². The van der Waals surface area contributed by atoms with Crippen LogP contribution in [0, 0.1) is 0 Å². The molecule has 2 rings (SSSR count). The van der Waals surface area contributed by atoms with Gasteiger partial charge in [0.1, 0.15) is 11.4 Å². The van der Waals surface area contributed by atoms with Gasteiger partial charge in [0.05, 0.1) is 6.04 Å². The fraction of sp³-hybridized carbons (Fsp3) is 0.647. The van der Waals surface area contributed by atoms with Crippen LogP contribution in [0.1, 0.15) is 65.0 Å². The number of para-hydroxylation sites is 1. The third-order valence-corrected chi connectivity index (χ3v) is 3.99. The molecule has 0 aliphatic carbocycles. The first kappa shape index (κ1) is 14.4. The Bertz CT molecular complexity index is 413. The predicted octanol–water partition coefficient (Wildman–Crippen LogP) is 4.46. The van der Waals surface area contributed by atoms with E-state index in [4.69, 9.17) is 4.74 Å². The van der Waals surface area contributed by atoms with Crippen LogP contribution in [0.4, 0.5) is 0 Å². The summed E-state index contributed by atoms with van der Waals surface area (Å²) in [6, 6.07) is 9.22. The Morgan fingerprint density at radius 1 is 1.26 bits per heavy atom. The van der Waals surface area contributed by atoms with E-state index in [0.717, 1.165) is 5.75 Å². The maximum absolute atomic E-state index is 6.07. The zero-order valence-electron chi connectivity index (χ0n) is 12.7. The first-order valence-corrected chi connectivity index (χ1v) is 7.58. The molecule has 0 aromatic heterocycles. The number of benzene rings is 1. The first-order valence-electron chi connectivity index (χ1n) is 7.58. The largest absolute Gasteiger partial charge is 0.486 e. The minimum absolute atomic E-state index is 0.164. The van der Waals surface area contributed by atoms with E-state index in [1.54, 1.807) is 0 Å². The molecule has 0 bridgehead atoms. The molecule has 1 aliphatic rings. The molecule has 1 aliphatic heterocycles. The van der Waals surface area contributed by atoms with Gasteiger partial charge in [0, 0.05) is 11.6 Å². The van der Waals surface area contributed by atoms with Crippen molar-refractivity contribution in [3.8, 4) is 5.75 Å². The molecule has 0 radical (unpaired) electrons. The van der Waals surface area contributed by atoms with E-state index in [0.29, 0.717) is 12.1 Å². The van der Waals surface area contributed by atoms with Crippen molar-refractivity contribution in [2.45, 2.75) is 71.1 Å². The molecule has 19 heavy (non-hydrogen) atoms. The van der Waals surface area contributed by atoms with Crippen LogP contribution >= 0.6 is 0 Å². The third kappa shape index (κ3) is 3.30. The van der Waals surface area contributed by atoms with Crippen LogP contribution in [-0.2, 0) is 0 Å². The summed E-state index contributed by atoms with van der Waals surface area (Å²) in [4.78, 5) is 0.